The fourth-order valence-corrected chi connectivity index (χ4v) is 4.95. The molecule has 1 aliphatic rings. The second-order valence-corrected chi connectivity index (χ2v) is 7.83. The van der Waals surface area contributed by atoms with Gasteiger partial charge in [0.05, 0.1) is 4.90 Å². The van der Waals surface area contributed by atoms with Gasteiger partial charge in [-0.05, 0) is 66.2 Å². The van der Waals surface area contributed by atoms with Gasteiger partial charge in [0.15, 0.2) is 0 Å². The minimum atomic E-state index is -3.49. The van der Waals surface area contributed by atoms with Crippen molar-refractivity contribution in [1.82, 2.24) is 4.72 Å². The van der Waals surface area contributed by atoms with Gasteiger partial charge in [0, 0.05) is 23.7 Å². The van der Waals surface area contributed by atoms with E-state index in [-0.39, 0.29) is 6.04 Å². The second-order valence-electron chi connectivity index (χ2n) is 5.29. The Bertz CT molecular complexity index is 568. The average molecular weight is 362 g/mol. The van der Waals surface area contributed by atoms with Gasteiger partial charge in [-0.25, -0.2) is 13.1 Å². The van der Waals surface area contributed by atoms with Crippen molar-refractivity contribution in [2.24, 2.45) is 5.92 Å². The van der Waals surface area contributed by atoms with Crippen LogP contribution in [-0.2, 0) is 14.8 Å². The smallest absolute Gasteiger partial charge is 0.241 e. The lowest BCUT2D eigenvalue weighted by atomic mass is 9.94. The molecule has 0 saturated carbocycles. The summed E-state index contributed by atoms with van der Waals surface area (Å²) in [5, 5.41) is 0. The van der Waals surface area contributed by atoms with E-state index in [1.807, 2.05) is 19.9 Å². The number of aryl methyl sites for hydroxylation is 1. The Morgan fingerprint density at radius 2 is 2.00 bits per heavy atom. The monoisotopic (exact) mass is 361 g/mol. The van der Waals surface area contributed by atoms with Gasteiger partial charge in [0.25, 0.3) is 0 Å². The lowest BCUT2D eigenvalue weighted by Gasteiger charge is -2.28. The van der Waals surface area contributed by atoms with E-state index in [1.165, 1.54) is 0 Å². The molecule has 1 aromatic carbocycles. The average Bonchev–Trinajstić information content (AvgIpc) is 2.38. The first-order chi connectivity index (χ1) is 9.40. The minimum absolute atomic E-state index is 0.0860. The molecule has 1 fully saturated rings. The zero-order chi connectivity index (χ0) is 14.8. The Labute approximate surface area is 129 Å². The SMILES string of the molecule is Cc1ccc(S(=O)(=O)NC(C)C2CCOCC2)c(Br)c1. The molecule has 0 amide bonds. The third kappa shape index (κ3) is 3.81. The van der Waals surface area contributed by atoms with E-state index in [0.717, 1.165) is 18.4 Å². The van der Waals surface area contributed by atoms with Gasteiger partial charge in [-0.3, -0.25) is 0 Å². The lowest BCUT2D eigenvalue weighted by Crippen LogP contribution is -2.40. The van der Waals surface area contributed by atoms with Crippen LogP contribution in [0.1, 0.15) is 25.3 Å². The van der Waals surface area contributed by atoms with E-state index in [4.69, 9.17) is 4.74 Å². The predicted octanol–water partition coefficient (Wildman–Crippen LogP) is 2.85. The summed E-state index contributed by atoms with van der Waals surface area (Å²) in [6, 6.07) is 5.17. The Morgan fingerprint density at radius 1 is 1.35 bits per heavy atom. The highest BCUT2D eigenvalue weighted by atomic mass is 79.9. The van der Waals surface area contributed by atoms with Crippen LogP contribution in [-0.4, -0.2) is 27.7 Å². The Kier molecular flexibility index (Phi) is 5.23. The van der Waals surface area contributed by atoms with Gasteiger partial charge >= 0.3 is 0 Å². The first kappa shape index (κ1) is 15.9. The zero-order valence-corrected chi connectivity index (χ0v) is 14.1. The molecule has 20 heavy (non-hydrogen) atoms. The van der Waals surface area contributed by atoms with E-state index >= 15 is 0 Å². The highest BCUT2D eigenvalue weighted by Crippen LogP contribution is 2.25. The molecule has 1 heterocycles. The van der Waals surface area contributed by atoms with Crippen molar-refractivity contribution in [3.05, 3.63) is 28.2 Å². The molecule has 0 bridgehead atoms. The maximum atomic E-state index is 12.4. The molecule has 1 atom stereocenters. The van der Waals surface area contributed by atoms with E-state index in [2.05, 4.69) is 20.7 Å². The number of nitrogens with one attached hydrogen (secondary N) is 1. The molecule has 112 valence electrons. The number of ether oxygens (including phenoxy) is 1. The first-order valence-electron chi connectivity index (χ1n) is 6.76. The second kappa shape index (κ2) is 6.56. The number of hydrogen-bond donors (Lipinski definition) is 1. The molecule has 1 aromatic rings. The maximum Gasteiger partial charge on any atom is 0.241 e. The summed E-state index contributed by atoms with van der Waals surface area (Å²) < 4.78 is 33.6. The molecule has 0 spiro atoms. The standard InChI is InChI=1S/C14H20BrNO3S/c1-10-3-4-14(13(15)9-10)20(17,18)16-11(2)12-5-7-19-8-6-12/h3-4,9,11-12,16H,5-8H2,1-2H3. The van der Waals surface area contributed by atoms with Crippen molar-refractivity contribution in [1.29, 1.82) is 0 Å². The Morgan fingerprint density at radius 3 is 2.60 bits per heavy atom. The number of halogens is 1. The van der Waals surface area contributed by atoms with Crippen LogP contribution in [0.25, 0.3) is 0 Å². The van der Waals surface area contributed by atoms with Crippen molar-refractivity contribution in [3.8, 4) is 0 Å². The highest BCUT2D eigenvalue weighted by molar-refractivity contribution is 9.10. The van der Waals surface area contributed by atoms with Gasteiger partial charge in [0.1, 0.15) is 0 Å². The third-order valence-electron chi connectivity index (χ3n) is 3.69. The van der Waals surface area contributed by atoms with E-state index in [1.54, 1.807) is 12.1 Å². The summed E-state index contributed by atoms with van der Waals surface area (Å²) in [4.78, 5) is 0.294. The van der Waals surface area contributed by atoms with Crippen LogP contribution in [0.2, 0.25) is 0 Å². The fourth-order valence-electron chi connectivity index (χ4n) is 2.44. The molecular weight excluding hydrogens is 342 g/mol. The van der Waals surface area contributed by atoms with Crippen LogP contribution >= 0.6 is 15.9 Å². The number of benzene rings is 1. The quantitative estimate of drug-likeness (QED) is 0.896. The topological polar surface area (TPSA) is 55.4 Å². The molecule has 0 radical (unpaired) electrons. The number of rotatable bonds is 4. The lowest BCUT2D eigenvalue weighted by molar-refractivity contribution is 0.0585. The molecule has 4 nitrogen and oxygen atoms in total. The molecule has 1 saturated heterocycles. The van der Waals surface area contributed by atoms with Gasteiger partial charge in [-0.15, -0.1) is 0 Å². The van der Waals surface area contributed by atoms with Crippen molar-refractivity contribution in [2.45, 2.75) is 37.6 Å². The van der Waals surface area contributed by atoms with E-state index < -0.39 is 10.0 Å². The predicted molar refractivity (Wildman–Crippen MR) is 82.2 cm³/mol. The van der Waals surface area contributed by atoms with Crippen LogP contribution in [0.3, 0.4) is 0 Å². The minimum Gasteiger partial charge on any atom is -0.381 e. The molecule has 2 rings (SSSR count). The zero-order valence-electron chi connectivity index (χ0n) is 11.7. The molecular formula is C14H20BrNO3S. The summed E-state index contributed by atoms with van der Waals surface area (Å²) in [6.07, 6.45) is 1.80. The van der Waals surface area contributed by atoms with E-state index in [0.29, 0.717) is 28.5 Å². The fraction of sp³-hybridized carbons (Fsp3) is 0.571. The van der Waals surface area contributed by atoms with E-state index in [9.17, 15) is 8.42 Å². The molecule has 1 unspecified atom stereocenters. The Balaban J connectivity index is 2.13. The van der Waals surface area contributed by atoms with Crippen molar-refractivity contribution in [2.75, 3.05) is 13.2 Å². The summed E-state index contributed by atoms with van der Waals surface area (Å²) in [5.74, 6) is 0.336. The van der Waals surface area contributed by atoms with Crippen LogP contribution < -0.4 is 4.72 Å². The number of sulfonamides is 1. The van der Waals surface area contributed by atoms with Gasteiger partial charge in [-0.1, -0.05) is 6.07 Å². The molecule has 1 N–H and O–H groups in total. The van der Waals surface area contributed by atoms with Crippen molar-refractivity contribution in [3.63, 3.8) is 0 Å². The van der Waals surface area contributed by atoms with Gasteiger partial charge < -0.3 is 4.74 Å². The highest BCUT2D eigenvalue weighted by Gasteiger charge is 2.26. The molecule has 1 aliphatic heterocycles. The molecule has 0 aromatic heterocycles. The largest absolute Gasteiger partial charge is 0.381 e. The summed E-state index contributed by atoms with van der Waals surface area (Å²) >= 11 is 3.33. The Hall–Kier alpha value is -0.430. The summed E-state index contributed by atoms with van der Waals surface area (Å²) in [5.41, 5.74) is 1.02. The normalized spacial score (nSPS) is 18.9. The number of hydrogen-bond acceptors (Lipinski definition) is 3. The molecule has 0 aliphatic carbocycles. The summed E-state index contributed by atoms with van der Waals surface area (Å²) in [6.45, 7) is 5.28. The third-order valence-corrected chi connectivity index (χ3v) is 6.23. The summed E-state index contributed by atoms with van der Waals surface area (Å²) in [7, 11) is -3.49. The van der Waals surface area contributed by atoms with Crippen LogP contribution in [0.5, 0.6) is 0 Å². The van der Waals surface area contributed by atoms with Crippen LogP contribution in [0.15, 0.2) is 27.6 Å². The van der Waals surface area contributed by atoms with Crippen molar-refractivity contribution < 1.29 is 13.2 Å². The van der Waals surface area contributed by atoms with Crippen LogP contribution in [0.4, 0.5) is 0 Å². The first-order valence-corrected chi connectivity index (χ1v) is 9.04. The maximum absolute atomic E-state index is 12.4. The molecule has 6 heteroatoms. The van der Waals surface area contributed by atoms with Crippen LogP contribution in [0, 0.1) is 12.8 Å². The van der Waals surface area contributed by atoms with Crippen molar-refractivity contribution >= 4 is 26.0 Å². The van der Waals surface area contributed by atoms with Gasteiger partial charge in [0.2, 0.25) is 10.0 Å². The van der Waals surface area contributed by atoms with Gasteiger partial charge in [-0.2, -0.15) is 0 Å².